The highest BCUT2D eigenvalue weighted by atomic mass is 19.1. The molecule has 1 N–H and O–H groups in total. The Morgan fingerprint density at radius 1 is 1.32 bits per heavy atom. The molecule has 112 valence electrons. The standard InChI is InChI=1S/C17H15FN2O2/c1-3-13(21)11-4-5-14(12(18)8-11)22-15-6-7-19-17-16(15)10(2)9-20-17/h4-9H,3H2,1-2H3,(H,19,20). The number of Topliss-reactive ketones (excluding diaryl/α,β-unsaturated/α-hetero) is 1. The lowest BCUT2D eigenvalue weighted by Crippen LogP contribution is -1.98. The Kier molecular flexibility index (Phi) is 3.63. The van der Waals surface area contributed by atoms with Gasteiger partial charge in [-0.2, -0.15) is 0 Å². The number of fused-ring (bicyclic) bond motifs is 1. The number of benzene rings is 1. The van der Waals surface area contributed by atoms with Crippen molar-refractivity contribution in [1.82, 2.24) is 9.97 Å². The Morgan fingerprint density at radius 2 is 2.14 bits per heavy atom. The van der Waals surface area contributed by atoms with Crippen molar-refractivity contribution in [3.63, 3.8) is 0 Å². The van der Waals surface area contributed by atoms with Crippen LogP contribution in [-0.4, -0.2) is 15.8 Å². The molecule has 0 bridgehead atoms. The van der Waals surface area contributed by atoms with Gasteiger partial charge < -0.3 is 9.72 Å². The molecule has 0 radical (unpaired) electrons. The number of ether oxygens (including phenoxy) is 1. The van der Waals surface area contributed by atoms with Crippen molar-refractivity contribution in [2.75, 3.05) is 0 Å². The summed E-state index contributed by atoms with van der Waals surface area (Å²) in [6, 6.07) is 5.95. The van der Waals surface area contributed by atoms with Crippen LogP contribution in [0.4, 0.5) is 4.39 Å². The van der Waals surface area contributed by atoms with Crippen molar-refractivity contribution in [2.24, 2.45) is 0 Å². The van der Waals surface area contributed by atoms with E-state index < -0.39 is 5.82 Å². The molecule has 0 spiro atoms. The maximum atomic E-state index is 14.2. The van der Waals surface area contributed by atoms with Gasteiger partial charge in [-0.05, 0) is 36.8 Å². The van der Waals surface area contributed by atoms with Gasteiger partial charge in [-0.1, -0.05) is 6.92 Å². The number of rotatable bonds is 4. The first-order valence-electron chi connectivity index (χ1n) is 7.03. The van der Waals surface area contributed by atoms with E-state index in [2.05, 4.69) is 9.97 Å². The van der Waals surface area contributed by atoms with E-state index >= 15 is 0 Å². The summed E-state index contributed by atoms with van der Waals surface area (Å²) < 4.78 is 19.8. The number of aromatic nitrogens is 2. The van der Waals surface area contributed by atoms with E-state index in [4.69, 9.17) is 4.74 Å². The zero-order valence-electron chi connectivity index (χ0n) is 12.3. The molecule has 22 heavy (non-hydrogen) atoms. The van der Waals surface area contributed by atoms with Crippen LogP contribution in [0, 0.1) is 12.7 Å². The van der Waals surface area contributed by atoms with Gasteiger partial charge in [0.1, 0.15) is 11.4 Å². The SMILES string of the molecule is CCC(=O)c1ccc(Oc2ccnc3[nH]cc(C)c23)c(F)c1. The van der Waals surface area contributed by atoms with Crippen LogP contribution >= 0.6 is 0 Å². The number of hydrogen-bond donors (Lipinski definition) is 1. The predicted octanol–water partition coefficient (Wildman–Crippen LogP) is 4.40. The molecule has 0 aliphatic carbocycles. The number of ketones is 1. The summed E-state index contributed by atoms with van der Waals surface area (Å²) in [7, 11) is 0. The van der Waals surface area contributed by atoms with Crippen LogP contribution < -0.4 is 4.74 Å². The molecule has 0 saturated carbocycles. The maximum absolute atomic E-state index is 14.2. The van der Waals surface area contributed by atoms with Crippen molar-refractivity contribution in [3.8, 4) is 11.5 Å². The molecular weight excluding hydrogens is 283 g/mol. The van der Waals surface area contributed by atoms with Crippen LogP contribution in [0.25, 0.3) is 11.0 Å². The number of hydrogen-bond acceptors (Lipinski definition) is 3. The minimum Gasteiger partial charge on any atom is -0.453 e. The normalized spacial score (nSPS) is 10.9. The van der Waals surface area contributed by atoms with Crippen molar-refractivity contribution in [2.45, 2.75) is 20.3 Å². The summed E-state index contributed by atoms with van der Waals surface area (Å²) in [5.41, 5.74) is 2.01. The van der Waals surface area contributed by atoms with Gasteiger partial charge in [-0.25, -0.2) is 9.37 Å². The molecule has 2 heterocycles. The van der Waals surface area contributed by atoms with Gasteiger partial charge in [0, 0.05) is 24.4 Å². The first-order valence-corrected chi connectivity index (χ1v) is 7.03. The lowest BCUT2D eigenvalue weighted by atomic mass is 10.1. The zero-order valence-corrected chi connectivity index (χ0v) is 12.3. The first kappa shape index (κ1) is 14.3. The Bertz CT molecular complexity index is 855. The largest absolute Gasteiger partial charge is 0.453 e. The topological polar surface area (TPSA) is 55.0 Å². The summed E-state index contributed by atoms with van der Waals surface area (Å²) in [4.78, 5) is 18.8. The Morgan fingerprint density at radius 3 is 2.86 bits per heavy atom. The lowest BCUT2D eigenvalue weighted by molar-refractivity contribution is 0.0987. The molecule has 5 heteroatoms. The third-order valence-corrected chi connectivity index (χ3v) is 3.53. The third-order valence-electron chi connectivity index (χ3n) is 3.53. The van der Waals surface area contributed by atoms with E-state index in [-0.39, 0.29) is 11.5 Å². The van der Waals surface area contributed by atoms with E-state index in [1.165, 1.54) is 12.1 Å². The van der Waals surface area contributed by atoms with E-state index in [1.807, 2.05) is 13.1 Å². The molecule has 0 fully saturated rings. The van der Waals surface area contributed by atoms with Crippen LogP contribution in [0.15, 0.2) is 36.7 Å². The number of carbonyl (C=O) groups excluding carboxylic acids is 1. The molecule has 0 unspecified atom stereocenters. The second-order valence-corrected chi connectivity index (χ2v) is 5.03. The second kappa shape index (κ2) is 5.60. The van der Waals surface area contributed by atoms with Crippen molar-refractivity contribution >= 4 is 16.8 Å². The summed E-state index contributed by atoms with van der Waals surface area (Å²) in [6.07, 6.45) is 3.76. The number of aromatic amines is 1. The Balaban J connectivity index is 1.99. The monoisotopic (exact) mass is 298 g/mol. The average molecular weight is 298 g/mol. The van der Waals surface area contributed by atoms with Crippen molar-refractivity contribution in [3.05, 3.63) is 53.6 Å². The van der Waals surface area contributed by atoms with Gasteiger partial charge in [-0.3, -0.25) is 4.79 Å². The number of aryl methyl sites for hydroxylation is 1. The van der Waals surface area contributed by atoms with Crippen LogP contribution in [0.1, 0.15) is 29.3 Å². The second-order valence-electron chi connectivity index (χ2n) is 5.03. The molecule has 1 aromatic carbocycles. The number of pyridine rings is 1. The summed E-state index contributed by atoms with van der Waals surface area (Å²) in [5.74, 6) is -0.0475. The average Bonchev–Trinajstić information content (AvgIpc) is 2.91. The number of carbonyl (C=O) groups is 1. The van der Waals surface area contributed by atoms with Crippen molar-refractivity contribution < 1.29 is 13.9 Å². The molecule has 0 aliphatic heterocycles. The molecule has 0 saturated heterocycles. The highest BCUT2D eigenvalue weighted by Crippen LogP contribution is 2.32. The van der Waals surface area contributed by atoms with Gasteiger partial charge in [0.05, 0.1) is 5.39 Å². The number of nitrogens with one attached hydrogen (secondary N) is 1. The number of nitrogens with zero attached hydrogens (tertiary/aromatic N) is 1. The summed E-state index contributed by atoms with van der Waals surface area (Å²) in [5, 5.41) is 0.815. The molecule has 0 amide bonds. The summed E-state index contributed by atoms with van der Waals surface area (Å²) >= 11 is 0. The maximum Gasteiger partial charge on any atom is 0.166 e. The van der Waals surface area contributed by atoms with Crippen LogP contribution in [-0.2, 0) is 0 Å². The smallest absolute Gasteiger partial charge is 0.166 e. The minimum atomic E-state index is -0.558. The van der Waals surface area contributed by atoms with Crippen LogP contribution in [0.5, 0.6) is 11.5 Å². The van der Waals surface area contributed by atoms with Gasteiger partial charge in [-0.15, -0.1) is 0 Å². The Labute approximate surface area is 126 Å². The fraction of sp³-hybridized carbons (Fsp3) is 0.176. The zero-order chi connectivity index (χ0) is 15.7. The lowest BCUT2D eigenvalue weighted by Gasteiger charge is -2.09. The molecule has 0 aliphatic rings. The fourth-order valence-corrected chi connectivity index (χ4v) is 2.35. The highest BCUT2D eigenvalue weighted by Gasteiger charge is 2.13. The quantitative estimate of drug-likeness (QED) is 0.726. The Hall–Kier alpha value is -2.69. The first-order chi connectivity index (χ1) is 10.6. The van der Waals surface area contributed by atoms with E-state index in [0.717, 1.165) is 10.9 Å². The van der Waals surface area contributed by atoms with Gasteiger partial charge in [0.15, 0.2) is 17.3 Å². The van der Waals surface area contributed by atoms with E-state index in [9.17, 15) is 9.18 Å². The fourth-order valence-electron chi connectivity index (χ4n) is 2.35. The van der Waals surface area contributed by atoms with Gasteiger partial charge in [0.2, 0.25) is 0 Å². The van der Waals surface area contributed by atoms with E-state index in [0.29, 0.717) is 23.4 Å². The number of halogens is 1. The minimum absolute atomic E-state index is 0.0840. The molecular formula is C17H15FN2O2. The highest BCUT2D eigenvalue weighted by molar-refractivity contribution is 5.96. The number of H-pyrrole nitrogens is 1. The third kappa shape index (κ3) is 2.45. The predicted molar refractivity (Wildman–Crippen MR) is 81.9 cm³/mol. The van der Waals surface area contributed by atoms with Crippen molar-refractivity contribution in [1.29, 1.82) is 0 Å². The molecule has 3 aromatic rings. The van der Waals surface area contributed by atoms with E-state index in [1.54, 1.807) is 25.3 Å². The van der Waals surface area contributed by atoms with Gasteiger partial charge in [0.25, 0.3) is 0 Å². The van der Waals surface area contributed by atoms with Crippen LogP contribution in [0.3, 0.4) is 0 Å². The molecule has 4 nitrogen and oxygen atoms in total. The van der Waals surface area contributed by atoms with Gasteiger partial charge >= 0.3 is 0 Å². The molecule has 3 rings (SSSR count). The summed E-state index contributed by atoms with van der Waals surface area (Å²) in [6.45, 7) is 3.67. The molecule has 0 atom stereocenters. The molecule has 2 aromatic heterocycles. The van der Waals surface area contributed by atoms with Crippen LogP contribution in [0.2, 0.25) is 0 Å².